The van der Waals surface area contributed by atoms with Crippen molar-refractivity contribution in [3.63, 3.8) is 0 Å². The fourth-order valence-corrected chi connectivity index (χ4v) is 2.89. The summed E-state index contributed by atoms with van der Waals surface area (Å²) in [6.07, 6.45) is 10.3. The average molecular weight is 305 g/mol. The van der Waals surface area contributed by atoms with Gasteiger partial charge in [0.25, 0.3) is 0 Å². The molecule has 0 amide bonds. The van der Waals surface area contributed by atoms with Gasteiger partial charge in [-0.1, -0.05) is 13.3 Å². The Morgan fingerprint density at radius 2 is 2.14 bits per heavy atom. The van der Waals surface area contributed by atoms with Gasteiger partial charge in [-0.2, -0.15) is 0 Å². The van der Waals surface area contributed by atoms with Crippen LogP contribution in [0.2, 0.25) is 0 Å². The van der Waals surface area contributed by atoms with Crippen molar-refractivity contribution in [3.8, 4) is 0 Å². The van der Waals surface area contributed by atoms with Gasteiger partial charge in [0.15, 0.2) is 0 Å². The smallest absolute Gasteiger partial charge is 0.329 e. The summed E-state index contributed by atoms with van der Waals surface area (Å²) in [6.45, 7) is 1.93. The van der Waals surface area contributed by atoms with Crippen molar-refractivity contribution in [2.24, 2.45) is 0 Å². The minimum Gasteiger partial charge on any atom is -0.478 e. The highest BCUT2D eigenvalue weighted by Gasteiger charge is 2.25. The number of aliphatic carboxylic acids is 1. The molecule has 1 unspecified atom stereocenters. The summed E-state index contributed by atoms with van der Waals surface area (Å²) in [6, 6.07) is 3.18. The van der Waals surface area contributed by atoms with E-state index < -0.39 is 12.0 Å². The molecule has 2 rings (SSSR count). The first kappa shape index (κ1) is 16.3. The minimum atomic E-state index is -1.01. The third kappa shape index (κ3) is 4.23. The molecule has 0 radical (unpaired) electrons. The second kappa shape index (κ2) is 7.82. The molecule has 1 heterocycles. The molecule has 5 nitrogen and oxygen atoms in total. The molecule has 0 aromatic carbocycles. The van der Waals surface area contributed by atoms with Gasteiger partial charge in [0.2, 0.25) is 0 Å². The topological polar surface area (TPSA) is 68.5 Å². The van der Waals surface area contributed by atoms with E-state index in [4.69, 9.17) is 9.84 Å². The van der Waals surface area contributed by atoms with Crippen LogP contribution in [0.1, 0.15) is 57.2 Å². The van der Waals surface area contributed by atoms with Crippen LogP contribution in [-0.4, -0.2) is 27.7 Å². The molecule has 1 atom stereocenters. The Labute approximate surface area is 130 Å². The number of ether oxygens (including phenoxy) is 1. The maximum Gasteiger partial charge on any atom is 0.329 e. The molecule has 1 saturated carbocycles. The van der Waals surface area contributed by atoms with Crippen molar-refractivity contribution in [1.82, 2.24) is 4.57 Å². The Balaban J connectivity index is 2.08. The summed E-state index contributed by atoms with van der Waals surface area (Å²) < 4.78 is 7.43. The zero-order valence-electron chi connectivity index (χ0n) is 12.9. The number of rotatable bonds is 6. The molecule has 1 aliphatic carbocycles. The van der Waals surface area contributed by atoms with Gasteiger partial charge < -0.3 is 14.4 Å². The number of carbonyl (C=O) groups excluding carboxylic acids is 1. The van der Waals surface area contributed by atoms with Crippen molar-refractivity contribution in [1.29, 1.82) is 0 Å². The first-order valence-electron chi connectivity index (χ1n) is 7.90. The molecule has 1 aromatic heterocycles. The quantitative estimate of drug-likeness (QED) is 0.646. The molecule has 1 fully saturated rings. The Bertz CT molecular complexity index is 541. The van der Waals surface area contributed by atoms with E-state index in [1.54, 1.807) is 22.9 Å². The number of carboxylic acids is 1. The lowest BCUT2D eigenvalue weighted by Gasteiger charge is -2.25. The van der Waals surface area contributed by atoms with E-state index in [0.717, 1.165) is 31.8 Å². The first-order valence-corrected chi connectivity index (χ1v) is 7.90. The maximum absolute atomic E-state index is 12.4. The van der Waals surface area contributed by atoms with Gasteiger partial charge in [-0.3, -0.25) is 0 Å². The molecular formula is C17H23NO4. The Morgan fingerprint density at radius 3 is 2.77 bits per heavy atom. The van der Waals surface area contributed by atoms with Crippen LogP contribution in [0.25, 0.3) is 6.08 Å². The first-order chi connectivity index (χ1) is 10.6. The molecule has 0 saturated heterocycles. The lowest BCUT2D eigenvalue weighted by molar-refractivity contribution is -0.154. The maximum atomic E-state index is 12.4. The summed E-state index contributed by atoms with van der Waals surface area (Å²) >= 11 is 0. The summed E-state index contributed by atoms with van der Waals surface area (Å²) in [5, 5.41) is 8.74. The molecule has 120 valence electrons. The van der Waals surface area contributed by atoms with Crippen molar-refractivity contribution in [2.75, 3.05) is 0 Å². The highest BCUT2D eigenvalue weighted by Crippen LogP contribution is 2.24. The second-order valence-electron chi connectivity index (χ2n) is 5.63. The van der Waals surface area contributed by atoms with Gasteiger partial charge in [0, 0.05) is 18.0 Å². The van der Waals surface area contributed by atoms with Gasteiger partial charge in [-0.05, 0) is 50.3 Å². The number of hydrogen-bond donors (Lipinski definition) is 1. The van der Waals surface area contributed by atoms with Crippen molar-refractivity contribution >= 4 is 18.0 Å². The van der Waals surface area contributed by atoms with Crippen LogP contribution in [0.3, 0.4) is 0 Å². The average Bonchev–Trinajstić information content (AvgIpc) is 2.95. The summed E-state index contributed by atoms with van der Waals surface area (Å²) in [5.41, 5.74) is 0.690. The number of hydrogen-bond acceptors (Lipinski definition) is 3. The van der Waals surface area contributed by atoms with E-state index in [1.807, 2.05) is 6.92 Å². The normalized spacial score (nSPS) is 17.5. The zero-order valence-corrected chi connectivity index (χ0v) is 12.9. The second-order valence-corrected chi connectivity index (χ2v) is 5.63. The van der Waals surface area contributed by atoms with E-state index in [-0.39, 0.29) is 12.1 Å². The number of esters is 1. The highest BCUT2D eigenvalue weighted by molar-refractivity contribution is 5.85. The van der Waals surface area contributed by atoms with Gasteiger partial charge in [-0.25, -0.2) is 9.59 Å². The van der Waals surface area contributed by atoms with E-state index >= 15 is 0 Å². The van der Waals surface area contributed by atoms with Gasteiger partial charge in [0.05, 0.1) is 0 Å². The fourth-order valence-electron chi connectivity index (χ4n) is 2.89. The van der Waals surface area contributed by atoms with E-state index in [9.17, 15) is 9.59 Å². The molecule has 0 bridgehead atoms. The zero-order chi connectivity index (χ0) is 15.9. The predicted molar refractivity (Wildman–Crippen MR) is 83.4 cm³/mol. The Hall–Kier alpha value is -2.04. The number of carboxylic acid groups (broad SMARTS) is 1. The SMILES string of the molecule is CCC(C(=O)OC1CCCCC1)n1cccc1/C=C/C(=O)O. The van der Waals surface area contributed by atoms with Crippen LogP contribution >= 0.6 is 0 Å². The third-order valence-electron chi connectivity index (χ3n) is 4.04. The molecule has 1 aromatic rings. The van der Waals surface area contributed by atoms with Gasteiger partial charge >= 0.3 is 11.9 Å². The fraction of sp³-hybridized carbons (Fsp3) is 0.529. The number of aromatic nitrogens is 1. The van der Waals surface area contributed by atoms with Crippen molar-refractivity contribution < 1.29 is 19.4 Å². The molecule has 1 aliphatic rings. The molecule has 0 aliphatic heterocycles. The van der Waals surface area contributed by atoms with Crippen LogP contribution in [0.15, 0.2) is 24.4 Å². The van der Waals surface area contributed by atoms with Crippen molar-refractivity contribution in [3.05, 3.63) is 30.1 Å². The van der Waals surface area contributed by atoms with Crippen LogP contribution in [0.5, 0.6) is 0 Å². The lowest BCUT2D eigenvalue weighted by Crippen LogP contribution is -2.27. The summed E-state index contributed by atoms with van der Waals surface area (Å²) in [7, 11) is 0. The standard InChI is InChI=1S/C17H23NO4/c1-2-15(17(21)22-14-8-4-3-5-9-14)18-12-6-7-13(18)10-11-16(19)20/h6-7,10-12,14-15H,2-5,8-9H2,1H3,(H,19,20)/b11-10+. The van der Waals surface area contributed by atoms with E-state index in [2.05, 4.69) is 0 Å². The van der Waals surface area contributed by atoms with E-state index in [0.29, 0.717) is 12.1 Å². The molecule has 5 heteroatoms. The van der Waals surface area contributed by atoms with Gasteiger partial charge in [0.1, 0.15) is 12.1 Å². The monoisotopic (exact) mass is 305 g/mol. The Kier molecular flexibility index (Phi) is 5.81. The summed E-state index contributed by atoms with van der Waals surface area (Å²) in [4.78, 5) is 23.1. The Morgan fingerprint density at radius 1 is 1.41 bits per heavy atom. The van der Waals surface area contributed by atoms with E-state index in [1.165, 1.54) is 12.5 Å². The van der Waals surface area contributed by atoms with Crippen LogP contribution in [0, 0.1) is 0 Å². The lowest BCUT2D eigenvalue weighted by atomic mass is 9.98. The predicted octanol–water partition coefficient (Wildman–Crippen LogP) is 3.41. The van der Waals surface area contributed by atoms with Gasteiger partial charge in [-0.15, -0.1) is 0 Å². The third-order valence-corrected chi connectivity index (χ3v) is 4.04. The van der Waals surface area contributed by atoms with Crippen LogP contribution in [-0.2, 0) is 14.3 Å². The molecule has 22 heavy (non-hydrogen) atoms. The summed E-state index contributed by atoms with van der Waals surface area (Å²) in [5.74, 6) is -1.24. The molecule has 1 N–H and O–H groups in total. The van der Waals surface area contributed by atoms with Crippen molar-refractivity contribution in [2.45, 2.75) is 57.6 Å². The number of nitrogens with zero attached hydrogens (tertiary/aromatic N) is 1. The largest absolute Gasteiger partial charge is 0.478 e. The molecule has 0 spiro atoms. The highest BCUT2D eigenvalue weighted by atomic mass is 16.5. The van der Waals surface area contributed by atoms with Crippen LogP contribution in [0.4, 0.5) is 0 Å². The molecular weight excluding hydrogens is 282 g/mol. The van der Waals surface area contributed by atoms with Crippen LogP contribution < -0.4 is 0 Å². The minimum absolute atomic E-state index is 0.0314. The number of carbonyl (C=O) groups is 2.